The van der Waals surface area contributed by atoms with Crippen LogP contribution in [0.2, 0.25) is 5.02 Å². The van der Waals surface area contributed by atoms with Crippen molar-refractivity contribution in [1.82, 2.24) is 0 Å². The molecule has 0 aromatic heterocycles. The van der Waals surface area contributed by atoms with E-state index in [-0.39, 0.29) is 22.6 Å². The molecule has 0 aliphatic carbocycles. The second-order valence-electron chi connectivity index (χ2n) is 7.01. The number of amides is 1. The Morgan fingerprint density at radius 2 is 1.66 bits per heavy atom. The van der Waals surface area contributed by atoms with E-state index in [2.05, 4.69) is 0 Å². The second-order valence-corrected chi connectivity index (χ2v) is 10.4. The Labute approximate surface area is 180 Å². The largest absolute Gasteiger partial charge is 0.309 e. The van der Waals surface area contributed by atoms with Crippen LogP contribution in [0.5, 0.6) is 0 Å². The summed E-state index contributed by atoms with van der Waals surface area (Å²) in [4.78, 5) is 15.9. The van der Waals surface area contributed by atoms with Crippen molar-refractivity contribution in [3.63, 3.8) is 0 Å². The number of nitrogens with zero attached hydrogens (tertiary/aromatic N) is 1. The van der Waals surface area contributed by atoms with Crippen LogP contribution >= 0.6 is 23.4 Å². The molecule has 0 aliphatic rings. The molecule has 3 rings (SSSR count). The maximum absolute atomic E-state index is 13.0. The molecule has 0 saturated carbocycles. The Morgan fingerprint density at radius 1 is 1.03 bits per heavy atom. The first kappa shape index (κ1) is 21.7. The zero-order chi connectivity index (χ0) is 21.2. The third-order valence-electron chi connectivity index (χ3n) is 4.49. The number of thioether (sulfide) groups is 1. The minimum atomic E-state index is -3.28. The molecule has 0 N–H and O–H groups in total. The van der Waals surface area contributed by atoms with Gasteiger partial charge in [0.05, 0.1) is 10.6 Å². The molecule has 0 bridgehead atoms. The summed E-state index contributed by atoms with van der Waals surface area (Å²) in [7, 11) is -3.28. The summed E-state index contributed by atoms with van der Waals surface area (Å²) in [5, 5.41) is 2.64. The molecule has 4 nitrogen and oxygen atoms in total. The van der Waals surface area contributed by atoms with Crippen LogP contribution in [0.4, 0.5) is 5.69 Å². The van der Waals surface area contributed by atoms with E-state index >= 15 is 0 Å². The van der Waals surface area contributed by atoms with Gasteiger partial charge in [0.25, 0.3) is 0 Å². The summed E-state index contributed by atoms with van der Waals surface area (Å²) in [5.41, 5.74) is 0.675. The van der Waals surface area contributed by atoms with Crippen molar-refractivity contribution in [3.05, 3.63) is 65.7 Å². The third-order valence-corrected chi connectivity index (χ3v) is 6.98. The highest BCUT2D eigenvalue weighted by atomic mass is 35.5. The van der Waals surface area contributed by atoms with Crippen molar-refractivity contribution in [2.45, 2.75) is 29.7 Å². The van der Waals surface area contributed by atoms with Crippen LogP contribution in [0.1, 0.15) is 13.8 Å². The van der Waals surface area contributed by atoms with Gasteiger partial charge in [-0.2, -0.15) is 0 Å². The molecule has 0 saturated heterocycles. The van der Waals surface area contributed by atoms with Gasteiger partial charge in [0.1, 0.15) is 0 Å². The number of halogens is 1. The van der Waals surface area contributed by atoms with Crippen LogP contribution in [-0.2, 0) is 14.6 Å². The molecule has 7 heteroatoms. The normalized spacial score (nSPS) is 11.8. The van der Waals surface area contributed by atoms with Crippen LogP contribution in [-0.4, -0.2) is 32.4 Å². The Kier molecular flexibility index (Phi) is 6.56. The van der Waals surface area contributed by atoms with Gasteiger partial charge in [-0.25, -0.2) is 8.42 Å². The molecule has 0 radical (unpaired) electrons. The number of sulfone groups is 1. The van der Waals surface area contributed by atoms with Gasteiger partial charge in [0.2, 0.25) is 5.91 Å². The van der Waals surface area contributed by atoms with Crippen LogP contribution in [0.25, 0.3) is 10.8 Å². The topological polar surface area (TPSA) is 54.5 Å². The number of carbonyl (C=O) groups excluding carboxylic acids is 1. The second kappa shape index (κ2) is 8.78. The van der Waals surface area contributed by atoms with Crippen molar-refractivity contribution in [2.75, 3.05) is 16.9 Å². The summed E-state index contributed by atoms with van der Waals surface area (Å²) in [6.45, 7) is 3.86. The molecule has 0 unspecified atom stereocenters. The summed E-state index contributed by atoms with van der Waals surface area (Å²) in [6.07, 6.45) is 1.17. The van der Waals surface area contributed by atoms with E-state index in [1.807, 2.05) is 50.2 Å². The molecule has 29 heavy (non-hydrogen) atoms. The van der Waals surface area contributed by atoms with Crippen molar-refractivity contribution in [3.8, 4) is 0 Å². The average Bonchev–Trinajstić information content (AvgIpc) is 2.66. The first-order valence-electron chi connectivity index (χ1n) is 9.10. The highest BCUT2D eigenvalue weighted by Crippen LogP contribution is 2.33. The van der Waals surface area contributed by atoms with E-state index in [1.54, 1.807) is 17.0 Å². The molecule has 0 heterocycles. The maximum atomic E-state index is 13.0. The number of hydrogen-bond donors (Lipinski definition) is 0. The third kappa shape index (κ3) is 4.94. The highest BCUT2D eigenvalue weighted by Gasteiger charge is 2.20. The van der Waals surface area contributed by atoms with Crippen molar-refractivity contribution < 1.29 is 13.2 Å². The van der Waals surface area contributed by atoms with Crippen LogP contribution < -0.4 is 4.90 Å². The zero-order valence-electron chi connectivity index (χ0n) is 16.4. The predicted octanol–water partition coefficient (Wildman–Crippen LogP) is 5.43. The predicted molar refractivity (Wildman–Crippen MR) is 122 cm³/mol. The van der Waals surface area contributed by atoms with E-state index in [0.29, 0.717) is 10.7 Å². The highest BCUT2D eigenvalue weighted by molar-refractivity contribution is 8.00. The van der Waals surface area contributed by atoms with Gasteiger partial charge in [-0.15, -0.1) is 11.8 Å². The Bertz CT molecular complexity index is 1140. The molecule has 0 spiro atoms. The molecule has 3 aromatic carbocycles. The number of hydrogen-bond acceptors (Lipinski definition) is 4. The summed E-state index contributed by atoms with van der Waals surface area (Å²) in [6, 6.07) is 18.0. The fourth-order valence-electron chi connectivity index (χ4n) is 3.18. The first-order valence-corrected chi connectivity index (χ1v) is 12.4. The quantitative estimate of drug-likeness (QED) is 0.473. The lowest BCUT2D eigenvalue weighted by Crippen LogP contribution is -2.38. The van der Waals surface area contributed by atoms with Gasteiger partial charge >= 0.3 is 0 Å². The average molecular weight is 448 g/mol. The van der Waals surface area contributed by atoms with Gasteiger partial charge in [-0.3, -0.25) is 4.79 Å². The number of anilines is 1. The van der Waals surface area contributed by atoms with Crippen molar-refractivity contribution in [2.24, 2.45) is 0 Å². The van der Waals surface area contributed by atoms with E-state index in [4.69, 9.17) is 11.6 Å². The lowest BCUT2D eigenvalue weighted by Gasteiger charge is -2.27. The van der Waals surface area contributed by atoms with Crippen molar-refractivity contribution >= 4 is 55.6 Å². The van der Waals surface area contributed by atoms with Gasteiger partial charge in [-0.05, 0) is 55.6 Å². The SMILES string of the molecule is CC(C)N(C(=O)CSc1cccc2cccc(Cl)c12)c1ccc(S(C)(=O)=O)cc1. The molecular formula is C22H22ClNO3S2. The number of fused-ring (bicyclic) bond motifs is 1. The molecule has 152 valence electrons. The van der Waals surface area contributed by atoms with E-state index in [1.165, 1.54) is 30.2 Å². The van der Waals surface area contributed by atoms with Gasteiger partial charge < -0.3 is 4.90 Å². The molecule has 0 aliphatic heterocycles. The van der Waals surface area contributed by atoms with E-state index in [0.717, 1.165) is 15.7 Å². The van der Waals surface area contributed by atoms with Crippen LogP contribution in [0.3, 0.4) is 0 Å². The Morgan fingerprint density at radius 3 is 2.24 bits per heavy atom. The van der Waals surface area contributed by atoms with Gasteiger partial charge in [-0.1, -0.05) is 35.9 Å². The van der Waals surface area contributed by atoms with E-state index in [9.17, 15) is 13.2 Å². The minimum absolute atomic E-state index is 0.0545. The van der Waals surface area contributed by atoms with E-state index < -0.39 is 9.84 Å². The van der Waals surface area contributed by atoms with Gasteiger partial charge in [0.15, 0.2) is 9.84 Å². The smallest absolute Gasteiger partial charge is 0.237 e. The summed E-state index contributed by atoms with van der Waals surface area (Å²) in [5.74, 6) is 0.192. The van der Waals surface area contributed by atoms with Gasteiger partial charge in [0, 0.05) is 33.3 Å². The fraction of sp³-hybridized carbons (Fsp3) is 0.227. The molecule has 0 atom stereocenters. The fourth-order valence-corrected chi connectivity index (χ4v) is 5.11. The zero-order valence-corrected chi connectivity index (χ0v) is 18.8. The summed E-state index contributed by atoms with van der Waals surface area (Å²) < 4.78 is 23.4. The standard InChI is InChI=1S/C22H22ClNO3S2/c1-15(2)24(17-10-12-18(13-11-17)29(3,26)27)21(25)14-28-20-9-5-7-16-6-4-8-19(23)22(16)20/h4-13,15H,14H2,1-3H3. The summed E-state index contributed by atoms with van der Waals surface area (Å²) >= 11 is 7.83. The van der Waals surface area contributed by atoms with Crippen LogP contribution in [0, 0.1) is 0 Å². The molecular weight excluding hydrogens is 426 g/mol. The Hall–Kier alpha value is -2.02. The van der Waals surface area contributed by atoms with Crippen LogP contribution in [0.15, 0.2) is 70.5 Å². The number of rotatable bonds is 6. The first-order chi connectivity index (χ1) is 13.7. The van der Waals surface area contributed by atoms with Crippen molar-refractivity contribution in [1.29, 1.82) is 0 Å². The number of benzene rings is 3. The monoisotopic (exact) mass is 447 g/mol. The maximum Gasteiger partial charge on any atom is 0.237 e. The molecule has 0 fully saturated rings. The number of carbonyl (C=O) groups is 1. The molecule has 1 amide bonds. The molecule has 3 aromatic rings. The lowest BCUT2D eigenvalue weighted by atomic mass is 10.1. The Balaban J connectivity index is 1.83. The minimum Gasteiger partial charge on any atom is -0.309 e. The lowest BCUT2D eigenvalue weighted by molar-refractivity contribution is -0.116.